The molecule has 0 radical (unpaired) electrons. The van der Waals surface area contributed by atoms with Crippen molar-refractivity contribution in [3.8, 4) is 0 Å². The van der Waals surface area contributed by atoms with Gasteiger partial charge in [-0.1, -0.05) is 31.5 Å². The molecule has 0 atom stereocenters. The van der Waals surface area contributed by atoms with E-state index < -0.39 is 0 Å². The topological polar surface area (TPSA) is 50.2 Å². The molecule has 1 aromatic heterocycles. The standard InChI is InChI=1S/C20H26ClFN4O/c1-14(2)11-20(27)24-19-5-8-23-26(19)17-6-9-25(10-7-17)13-15-3-4-16(22)12-18(15)21/h3-5,8,12,14,17H,6-7,9-11,13H2,1-2H3,(H,24,27). The molecule has 0 unspecified atom stereocenters. The van der Waals surface area contributed by atoms with Gasteiger partial charge >= 0.3 is 0 Å². The Balaban J connectivity index is 1.56. The maximum atomic E-state index is 13.2. The van der Waals surface area contributed by atoms with E-state index in [0.29, 0.717) is 23.9 Å². The van der Waals surface area contributed by atoms with Crippen LogP contribution in [0.2, 0.25) is 5.02 Å². The van der Waals surface area contributed by atoms with E-state index in [1.807, 2.05) is 24.6 Å². The van der Waals surface area contributed by atoms with E-state index in [1.54, 1.807) is 12.3 Å². The van der Waals surface area contributed by atoms with Crippen LogP contribution in [0.5, 0.6) is 0 Å². The van der Waals surface area contributed by atoms with Crippen LogP contribution in [0.15, 0.2) is 30.5 Å². The summed E-state index contributed by atoms with van der Waals surface area (Å²) in [5.74, 6) is 0.798. The van der Waals surface area contributed by atoms with Gasteiger partial charge in [0.2, 0.25) is 5.91 Å². The zero-order chi connectivity index (χ0) is 19.4. The molecule has 1 fully saturated rings. The lowest BCUT2D eigenvalue weighted by atomic mass is 10.0. The minimum atomic E-state index is -0.312. The number of carbonyl (C=O) groups excluding carboxylic acids is 1. The molecule has 7 heteroatoms. The van der Waals surface area contributed by atoms with E-state index in [4.69, 9.17) is 11.6 Å². The molecule has 0 bridgehead atoms. The highest BCUT2D eigenvalue weighted by Gasteiger charge is 2.23. The summed E-state index contributed by atoms with van der Waals surface area (Å²) in [5.41, 5.74) is 0.942. The third kappa shape index (κ3) is 5.30. The highest BCUT2D eigenvalue weighted by atomic mass is 35.5. The third-order valence-electron chi connectivity index (χ3n) is 4.84. The fraction of sp³-hybridized carbons (Fsp3) is 0.500. The van der Waals surface area contributed by atoms with Crippen LogP contribution in [-0.2, 0) is 11.3 Å². The maximum absolute atomic E-state index is 13.2. The summed E-state index contributed by atoms with van der Waals surface area (Å²) < 4.78 is 15.1. The number of piperidine rings is 1. The fourth-order valence-electron chi connectivity index (χ4n) is 3.48. The lowest BCUT2D eigenvalue weighted by molar-refractivity contribution is -0.116. The van der Waals surface area contributed by atoms with Crippen molar-refractivity contribution in [2.75, 3.05) is 18.4 Å². The molecule has 0 aliphatic carbocycles. The summed E-state index contributed by atoms with van der Waals surface area (Å²) in [7, 11) is 0. The molecule has 1 aliphatic rings. The second-order valence-corrected chi connectivity index (χ2v) is 7.96. The molecule has 3 rings (SSSR count). The van der Waals surface area contributed by atoms with Crippen molar-refractivity contribution in [2.45, 2.75) is 45.7 Å². The van der Waals surface area contributed by atoms with E-state index in [1.165, 1.54) is 12.1 Å². The third-order valence-corrected chi connectivity index (χ3v) is 5.20. The Labute approximate surface area is 164 Å². The first kappa shape index (κ1) is 19.8. The normalized spacial score (nSPS) is 16.0. The highest BCUT2D eigenvalue weighted by molar-refractivity contribution is 6.31. The molecular weight excluding hydrogens is 367 g/mol. The number of aromatic nitrogens is 2. The van der Waals surface area contributed by atoms with Gasteiger partial charge in [0.15, 0.2) is 0 Å². The van der Waals surface area contributed by atoms with Gasteiger partial charge in [-0.2, -0.15) is 5.10 Å². The van der Waals surface area contributed by atoms with Gasteiger partial charge in [-0.05, 0) is 36.5 Å². The number of rotatable bonds is 6. The van der Waals surface area contributed by atoms with Crippen LogP contribution >= 0.6 is 11.6 Å². The Kier molecular flexibility index (Phi) is 6.50. The van der Waals surface area contributed by atoms with Gasteiger partial charge in [-0.25, -0.2) is 9.07 Å². The van der Waals surface area contributed by atoms with E-state index in [9.17, 15) is 9.18 Å². The van der Waals surface area contributed by atoms with Gasteiger partial charge in [0.05, 0.1) is 12.2 Å². The number of likely N-dealkylation sites (tertiary alicyclic amines) is 1. The highest BCUT2D eigenvalue weighted by Crippen LogP contribution is 2.27. The summed E-state index contributed by atoms with van der Waals surface area (Å²) >= 11 is 6.14. The smallest absolute Gasteiger partial charge is 0.225 e. The summed E-state index contributed by atoms with van der Waals surface area (Å²) in [6, 6.07) is 6.67. The van der Waals surface area contributed by atoms with Gasteiger partial charge in [0.25, 0.3) is 0 Å². The number of hydrogen-bond acceptors (Lipinski definition) is 3. The number of benzene rings is 1. The average Bonchev–Trinajstić information content (AvgIpc) is 3.05. The van der Waals surface area contributed by atoms with Gasteiger partial charge in [0.1, 0.15) is 11.6 Å². The maximum Gasteiger partial charge on any atom is 0.225 e. The zero-order valence-corrected chi connectivity index (χ0v) is 16.5. The molecule has 1 aliphatic heterocycles. The Morgan fingerprint density at radius 2 is 2.07 bits per heavy atom. The van der Waals surface area contributed by atoms with Crippen LogP contribution < -0.4 is 5.32 Å². The van der Waals surface area contributed by atoms with E-state index in [2.05, 4.69) is 15.3 Å². The van der Waals surface area contributed by atoms with Crippen LogP contribution in [0.3, 0.4) is 0 Å². The van der Waals surface area contributed by atoms with Crippen molar-refractivity contribution in [1.29, 1.82) is 0 Å². The summed E-state index contributed by atoms with van der Waals surface area (Å²) in [6.45, 7) is 6.57. The Morgan fingerprint density at radius 3 is 2.74 bits per heavy atom. The summed E-state index contributed by atoms with van der Waals surface area (Å²) in [5, 5.41) is 7.88. The van der Waals surface area contributed by atoms with Crippen LogP contribution in [0.4, 0.5) is 10.2 Å². The molecule has 5 nitrogen and oxygen atoms in total. The molecule has 2 heterocycles. The molecule has 1 saturated heterocycles. The number of nitrogens with one attached hydrogen (secondary N) is 1. The SMILES string of the molecule is CC(C)CC(=O)Nc1ccnn1C1CCN(Cc2ccc(F)cc2Cl)CC1. The number of halogens is 2. The Hall–Kier alpha value is -1.92. The minimum Gasteiger partial charge on any atom is -0.311 e. The molecule has 2 aromatic rings. The molecule has 1 aromatic carbocycles. The molecule has 1 N–H and O–H groups in total. The monoisotopic (exact) mass is 392 g/mol. The van der Waals surface area contributed by atoms with Gasteiger partial charge < -0.3 is 5.32 Å². The van der Waals surface area contributed by atoms with Crippen molar-refractivity contribution >= 4 is 23.3 Å². The van der Waals surface area contributed by atoms with Crippen molar-refractivity contribution in [3.05, 3.63) is 46.9 Å². The second kappa shape index (κ2) is 8.85. The quantitative estimate of drug-likeness (QED) is 0.787. The molecule has 0 saturated carbocycles. The van der Waals surface area contributed by atoms with Crippen molar-refractivity contribution in [3.63, 3.8) is 0 Å². The largest absolute Gasteiger partial charge is 0.311 e. The van der Waals surface area contributed by atoms with E-state index in [0.717, 1.165) is 37.3 Å². The van der Waals surface area contributed by atoms with Crippen molar-refractivity contribution < 1.29 is 9.18 Å². The fourth-order valence-corrected chi connectivity index (χ4v) is 3.71. The van der Waals surface area contributed by atoms with Gasteiger partial charge in [0, 0.05) is 37.1 Å². The minimum absolute atomic E-state index is 0.0233. The van der Waals surface area contributed by atoms with Crippen LogP contribution in [0.1, 0.15) is 44.7 Å². The number of amides is 1. The molecule has 27 heavy (non-hydrogen) atoms. The average molecular weight is 393 g/mol. The van der Waals surface area contributed by atoms with E-state index >= 15 is 0 Å². The molecule has 146 valence electrons. The Morgan fingerprint density at radius 1 is 1.33 bits per heavy atom. The summed E-state index contributed by atoms with van der Waals surface area (Å²) in [4.78, 5) is 14.4. The zero-order valence-electron chi connectivity index (χ0n) is 15.8. The lowest BCUT2D eigenvalue weighted by Crippen LogP contribution is -2.35. The van der Waals surface area contributed by atoms with Crippen LogP contribution in [0, 0.1) is 11.7 Å². The first-order valence-corrected chi connectivity index (χ1v) is 9.80. The predicted octanol–water partition coefficient (Wildman–Crippen LogP) is 4.50. The second-order valence-electron chi connectivity index (χ2n) is 7.55. The van der Waals surface area contributed by atoms with Crippen LogP contribution in [-0.4, -0.2) is 33.7 Å². The van der Waals surface area contributed by atoms with Gasteiger partial charge in [-0.15, -0.1) is 0 Å². The van der Waals surface area contributed by atoms with E-state index in [-0.39, 0.29) is 17.8 Å². The number of hydrogen-bond donors (Lipinski definition) is 1. The summed E-state index contributed by atoms with van der Waals surface area (Å²) in [6.07, 6.45) is 4.11. The van der Waals surface area contributed by atoms with Crippen molar-refractivity contribution in [2.24, 2.45) is 5.92 Å². The number of anilines is 1. The van der Waals surface area contributed by atoms with Crippen LogP contribution in [0.25, 0.3) is 0 Å². The van der Waals surface area contributed by atoms with Crippen molar-refractivity contribution in [1.82, 2.24) is 14.7 Å². The first-order valence-electron chi connectivity index (χ1n) is 9.42. The number of carbonyl (C=O) groups is 1. The molecule has 0 spiro atoms. The molecular formula is C20H26ClFN4O. The Bertz CT molecular complexity index is 784. The number of nitrogens with zero attached hydrogens (tertiary/aromatic N) is 3. The molecule has 1 amide bonds. The van der Waals surface area contributed by atoms with Gasteiger partial charge in [-0.3, -0.25) is 9.69 Å². The first-order chi connectivity index (χ1) is 12.9. The lowest BCUT2D eigenvalue weighted by Gasteiger charge is -2.32. The predicted molar refractivity (Wildman–Crippen MR) is 105 cm³/mol.